The molecule has 1 aliphatic heterocycles. The van der Waals surface area contributed by atoms with E-state index in [0.29, 0.717) is 11.2 Å². The number of anilines is 1. The molecule has 5 nitrogen and oxygen atoms in total. The second kappa shape index (κ2) is 7.23. The summed E-state index contributed by atoms with van der Waals surface area (Å²) < 4.78 is 58.8. The number of halogens is 4. The van der Waals surface area contributed by atoms with Crippen LogP contribution in [0.1, 0.15) is 18.0 Å². The number of H-pyrrole nitrogens is 1. The van der Waals surface area contributed by atoms with E-state index in [4.69, 9.17) is 4.74 Å². The molecule has 1 aromatic heterocycles. The number of nitrogens with one attached hydrogen (secondary N) is 1. The summed E-state index contributed by atoms with van der Waals surface area (Å²) in [7, 11) is 0. The van der Waals surface area contributed by atoms with Crippen LogP contribution in [0.2, 0.25) is 0 Å². The second-order valence-electron chi connectivity index (χ2n) is 6.54. The molecule has 1 aliphatic rings. The Morgan fingerprint density at radius 3 is 2.62 bits per heavy atom. The summed E-state index contributed by atoms with van der Waals surface area (Å²) in [6.45, 7) is 3.27. The molecule has 1 atom stereocenters. The molecule has 0 saturated carbocycles. The quantitative estimate of drug-likeness (QED) is 0.373. The number of aromatic nitrogens is 2. The lowest BCUT2D eigenvalue weighted by atomic mass is 9.87. The zero-order valence-corrected chi connectivity index (χ0v) is 15.0. The van der Waals surface area contributed by atoms with Crippen LogP contribution in [0, 0.1) is 11.6 Å². The van der Waals surface area contributed by atoms with Crippen molar-refractivity contribution < 1.29 is 27.1 Å². The lowest BCUT2D eigenvalue weighted by molar-refractivity contribution is -0.119. The largest absolute Gasteiger partial charge is 0.493 e. The van der Waals surface area contributed by atoms with Gasteiger partial charge in [0.15, 0.2) is 0 Å². The molecule has 3 aromatic rings. The minimum absolute atomic E-state index is 0.0382. The van der Waals surface area contributed by atoms with Crippen LogP contribution in [0.4, 0.5) is 23.2 Å². The van der Waals surface area contributed by atoms with Crippen LogP contribution in [-0.2, 0) is 4.79 Å². The van der Waals surface area contributed by atoms with Gasteiger partial charge >= 0.3 is 0 Å². The summed E-state index contributed by atoms with van der Waals surface area (Å²) in [5, 5.41) is 0. The van der Waals surface area contributed by atoms with E-state index in [1.807, 2.05) is 0 Å². The Balaban J connectivity index is 1.65. The number of aromatic amines is 1. The molecule has 0 bridgehead atoms. The van der Waals surface area contributed by atoms with Crippen molar-refractivity contribution in [3.05, 3.63) is 66.0 Å². The Labute approximate surface area is 162 Å². The highest BCUT2D eigenvalue weighted by atomic mass is 19.3. The first-order valence-corrected chi connectivity index (χ1v) is 8.72. The van der Waals surface area contributed by atoms with Crippen molar-refractivity contribution in [2.75, 3.05) is 11.5 Å². The van der Waals surface area contributed by atoms with Gasteiger partial charge in [0.2, 0.25) is 6.43 Å². The number of nitrogens with zero attached hydrogens (tertiary/aromatic N) is 2. The standard InChI is InChI=1S/C20H15F4N3O2/c1-10-19(18-13(21)7-12(8-14(18)22)29-5-4-17(23)24)27(20(10)28)11-2-3-15-16(6-11)26-9-25-15/h2-3,6-9,17,19H,1,4-5H2,(H,25,26)/t19-/m1/s1. The third-order valence-corrected chi connectivity index (χ3v) is 4.70. The molecule has 0 aliphatic carbocycles. The SMILES string of the molecule is C=C1C(=O)N(c2ccc3[nH]cnc3c2)[C@H]1c1c(F)cc(OCCC(F)F)cc1F. The number of hydrogen-bond donors (Lipinski definition) is 1. The van der Waals surface area contributed by atoms with E-state index in [1.165, 1.54) is 11.2 Å². The van der Waals surface area contributed by atoms with Crippen LogP contribution in [0.25, 0.3) is 11.0 Å². The summed E-state index contributed by atoms with van der Waals surface area (Å²) in [5.74, 6) is -2.57. The monoisotopic (exact) mass is 405 g/mol. The van der Waals surface area contributed by atoms with Crippen molar-refractivity contribution in [2.45, 2.75) is 18.9 Å². The molecule has 0 unspecified atom stereocenters. The average molecular weight is 405 g/mol. The highest BCUT2D eigenvalue weighted by Gasteiger charge is 2.45. The predicted molar refractivity (Wildman–Crippen MR) is 97.9 cm³/mol. The van der Waals surface area contributed by atoms with Gasteiger partial charge in [0.1, 0.15) is 17.4 Å². The first-order valence-electron chi connectivity index (χ1n) is 8.72. The molecular formula is C20H15F4N3O2. The number of rotatable bonds is 6. The molecule has 1 fully saturated rings. The number of β-lactam (4-membered cyclic amide) rings is 1. The highest BCUT2D eigenvalue weighted by molar-refractivity contribution is 6.15. The normalized spacial score (nSPS) is 16.6. The predicted octanol–water partition coefficient (Wildman–Crippen LogP) is 4.52. The van der Waals surface area contributed by atoms with Crippen LogP contribution in [0.3, 0.4) is 0 Å². The van der Waals surface area contributed by atoms with Gasteiger partial charge in [-0.05, 0) is 18.2 Å². The van der Waals surface area contributed by atoms with Crippen molar-refractivity contribution in [3.8, 4) is 5.75 Å². The van der Waals surface area contributed by atoms with Crippen molar-refractivity contribution in [2.24, 2.45) is 0 Å². The molecule has 1 N–H and O–H groups in total. The summed E-state index contributed by atoms with van der Waals surface area (Å²) in [4.78, 5) is 20.6. The molecule has 29 heavy (non-hydrogen) atoms. The van der Waals surface area contributed by atoms with E-state index in [1.54, 1.807) is 18.2 Å². The van der Waals surface area contributed by atoms with Gasteiger partial charge in [-0.3, -0.25) is 9.69 Å². The van der Waals surface area contributed by atoms with Crippen molar-refractivity contribution in [3.63, 3.8) is 0 Å². The Bertz CT molecular complexity index is 1090. The highest BCUT2D eigenvalue weighted by Crippen LogP contribution is 2.45. The molecule has 0 radical (unpaired) electrons. The maximum atomic E-state index is 14.7. The molecule has 2 heterocycles. The third-order valence-electron chi connectivity index (χ3n) is 4.70. The number of alkyl halides is 2. The number of ether oxygens (including phenoxy) is 1. The fourth-order valence-electron chi connectivity index (χ4n) is 3.29. The van der Waals surface area contributed by atoms with Crippen molar-refractivity contribution in [1.82, 2.24) is 9.97 Å². The summed E-state index contributed by atoms with van der Waals surface area (Å²) >= 11 is 0. The number of hydrogen-bond acceptors (Lipinski definition) is 3. The number of benzene rings is 2. The third kappa shape index (κ3) is 3.32. The van der Waals surface area contributed by atoms with E-state index in [0.717, 1.165) is 17.6 Å². The molecule has 9 heteroatoms. The van der Waals surface area contributed by atoms with E-state index in [2.05, 4.69) is 16.5 Å². The minimum Gasteiger partial charge on any atom is -0.493 e. The molecule has 1 saturated heterocycles. The summed E-state index contributed by atoms with van der Waals surface area (Å²) in [6.07, 6.45) is -1.63. The Morgan fingerprint density at radius 2 is 1.93 bits per heavy atom. The van der Waals surface area contributed by atoms with Gasteiger partial charge in [-0.2, -0.15) is 0 Å². The zero-order valence-electron chi connectivity index (χ0n) is 15.0. The van der Waals surface area contributed by atoms with E-state index in [9.17, 15) is 22.4 Å². The smallest absolute Gasteiger partial charge is 0.256 e. The lowest BCUT2D eigenvalue weighted by Crippen LogP contribution is -2.49. The fraction of sp³-hybridized carbons (Fsp3) is 0.200. The minimum atomic E-state index is -2.58. The fourth-order valence-corrected chi connectivity index (χ4v) is 3.29. The first-order chi connectivity index (χ1) is 13.9. The van der Waals surface area contributed by atoms with Crippen LogP contribution < -0.4 is 9.64 Å². The molecule has 2 aromatic carbocycles. The summed E-state index contributed by atoms with van der Waals surface area (Å²) in [6, 6.07) is 5.75. The maximum Gasteiger partial charge on any atom is 0.256 e. The van der Waals surface area contributed by atoms with Gasteiger partial charge in [0, 0.05) is 29.8 Å². The van der Waals surface area contributed by atoms with Gasteiger partial charge in [0.05, 0.1) is 35.6 Å². The number of amides is 1. The van der Waals surface area contributed by atoms with Crippen molar-refractivity contribution in [1.29, 1.82) is 0 Å². The van der Waals surface area contributed by atoms with Gasteiger partial charge in [0.25, 0.3) is 5.91 Å². The molecule has 4 rings (SSSR count). The van der Waals surface area contributed by atoms with E-state index in [-0.39, 0.29) is 23.5 Å². The second-order valence-corrected chi connectivity index (χ2v) is 6.54. The topological polar surface area (TPSA) is 58.2 Å². The number of imidazole rings is 1. The number of fused-ring (bicyclic) bond motifs is 1. The van der Waals surface area contributed by atoms with Gasteiger partial charge < -0.3 is 9.72 Å². The van der Waals surface area contributed by atoms with E-state index >= 15 is 0 Å². The molecular weight excluding hydrogens is 390 g/mol. The van der Waals surface area contributed by atoms with Gasteiger partial charge in [-0.25, -0.2) is 22.5 Å². The molecule has 1 amide bonds. The van der Waals surface area contributed by atoms with Crippen LogP contribution in [0.15, 0.2) is 48.8 Å². The Morgan fingerprint density at radius 1 is 1.21 bits per heavy atom. The van der Waals surface area contributed by atoms with E-state index < -0.39 is 36.4 Å². The molecule has 150 valence electrons. The number of carbonyl (C=O) groups is 1. The maximum absolute atomic E-state index is 14.7. The Kier molecular flexibility index (Phi) is 4.73. The lowest BCUT2D eigenvalue weighted by Gasteiger charge is -2.42. The van der Waals surface area contributed by atoms with Gasteiger partial charge in [-0.1, -0.05) is 6.58 Å². The van der Waals surface area contributed by atoms with Crippen LogP contribution in [0.5, 0.6) is 5.75 Å². The van der Waals surface area contributed by atoms with Crippen LogP contribution in [-0.4, -0.2) is 28.9 Å². The first kappa shape index (κ1) is 19.0. The summed E-state index contributed by atoms with van der Waals surface area (Å²) in [5.41, 5.74) is 1.44. The Hall–Kier alpha value is -3.36. The average Bonchev–Trinajstić information content (AvgIpc) is 3.14. The number of carbonyl (C=O) groups excluding carboxylic acids is 1. The van der Waals surface area contributed by atoms with Crippen LogP contribution >= 0.6 is 0 Å². The van der Waals surface area contributed by atoms with Crippen molar-refractivity contribution >= 4 is 22.6 Å². The van der Waals surface area contributed by atoms with Gasteiger partial charge in [-0.15, -0.1) is 0 Å². The zero-order chi connectivity index (χ0) is 20.7. The molecule has 0 spiro atoms.